The van der Waals surface area contributed by atoms with Crippen molar-refractivity contribution in [2.75, 3.05) is 0 Å². The van der Waals surface area contributed by atoms with Gasteiger partial charge in [0.15, 0.2) is 0 Å². The van der Waals surface area contributed by atoms with Gasteiger partial charge in [0.25, 0.3) is 0 Å². The highest BCUT2D eigenvalue weighted by atomic mass is 16.5. The molecule has 68 valence electrons. The molecule has 0 N–H and O–H groups in total. The lowest BCUT2D eigenvalue weighted by atomic mass is 10.0. The number of aromatic nitrogens is 1. The molecular formula is C12H9NO. The first-order valence-electron chi connectivity index (χ1n) is 4.60. The molecule has 2 aromatic rings. The maximum absolute atomic E-state index is 5.28. The number of hydrogen-bond acceptors (Lipinski definition) is 2. The molecule has 0 bridgehead atoms. The Morgan fingerprint density at radius 1 is 1.21 bits per heavy atom. The van der Waals surface area contributed by atoms with Crippen LogP contribution in [0.2, 0.25) is 0 Å². The number of hydrogen-bond donors (Lipinski definition) is 0. The minimum absolute atomic E-state index is 0.625. The smallest absolute Gasteiger partial charge is 0.115 e. The van der Waals surface area contributed by atoms with Gasteiger partial charge in [0.2, 0.25) is 0 Å². The van der Waals surface area contributed by atoms with E-state index in [2.05, 4.69) is 17.1 Å². The zero-order chi connectivity index (χ0) is 9.38. The van der Waals surface area contributed by atoms with E-state index in [0.717, 1.165) is 5.69 Å². The van der Waals surface area contributed by atoms with Gasteiger partial charge in [-0.2, -0.15) is 0 Å². The minimum Gasteiger partial charge on any atom is -0.496 e. The minimum atomic E-state index is 0.625. The van der Waals surface area contributed by atoms with Gasteiger partial charge < -0.3 is 4.74 Å². The molecule has 1 aliphatic heterocycles. The molecule has 0 aliphatic carbocycles. The lowest BCUT2D eigenvalue weighted by molar-refractivity contribution is 0.235. The largest absolute Gasteiger partial charge is 0.496 e. The summed E-state index contributed by atoms with van der Waals surface area (Å²) in [5.74, 6) is 0. The predicted octanol–water partition coefficient (Wildman–Crippen LogP) is 2.74. The Morgan fingerprint density at radius 2 is 2.14 bits per heavy atom. The third-order valence-electron chi connectivity index (χ3n) is 2.49. The van der Waals surface area contributed by atoms with Crippen molar-refractivity contribution in [1.29, 1.82) is 0 Å². The molecule has 2 nitrogen and oxygen atoms in total. The fourth-order valence-electron chi connectivity index (χ4n) is 1.78. The molecule has 1 aliphatic rings. The van der Waals surface area contributed by atoms with Crippen molar-refractivity contribution in [2.24, 2.45) is 0 Å². The molecule has 3 rings (SSSR count). The standard InChI is InChI=1S/C12H9NO/c1-2-4-10-9(3-1)7-13-12-5-6-14-8-11(10)12/h1-7H,8H2. The molecule has 0 unspecified atom stereocenters. The molecule has 0 atom stereocenters. The number of rotatable bonds is 0. The zero-order valence-corrected chi connectivity index (χ0v) is 7.60. The Hall–Kier alpha value is -1.83. The highest BCUT2D eigenvalue weighted by Gasteiger charge is 2.09. The zero-order valence-electron chi connectivity index (χ0n) is 7.60. The van der Waals surface area contributed by atoms with Crippen LogP contribution in [0.3, 0.4) is 0 Å². The molecule has 1 aromatic carbocycles. The van der Waals surface area contributed by atoms with E-state index in [1.165, 1.54) is 16.3 Å². The Morgan fingerprint density at radius 3 is 3.14 bits per heavy atom. The van der Waals surface area contributed by atoms with E-state index >= 15 is 0 Å². The normalized spacial score (nSPS) is 13.7. The van der Waals surface area contributed by atoms with E-state index in [4.69, 9.17) is 4.74 Å². The molecule has 0 fully saturated rings. The summed E-state index contributed by atoms with van der Waals surface area (Å²) in [4.78, 5) is 4.38. The molecule has 0 amide bonds. The van der Waals surface area contributed by atoms with Gasteiger partial charge in [-0.15, -0.1) is 0 Å². The van der Waals surface area contributed by atoms with Gasteiger partial charge in [-0.1, -0.05) is 24.3 Å². The second kappa shape index (κ2) is 2.84. The molecule has 0 spiro atoms. The second-order valence-corrected chi connectivity index (χ2v) is 3.32. The summed E-state index contributed by atoms with van der Waals surface area (Å²) in [5, 5.41) is 2.41. The summed E-state index contributed by atoms with van der Waals surface area (Å²) < 4.78 is 5.28. The molecular weight excluding hydrogens is 174 g/mol. The average molecular weight is 183 g/mol. The van der Waals surface area contributed by atoms with E-state index in [1.807, 2.05) is 24.4 Å². The molecule has 0 saturated heterocycles. The van der Waals surface area contributed by atoms with E-state index in [-0.39, 0.29) is 0 Å². The van der Waals surface area contributed by atoms with E-state index in [1.54, 1.807) is 6.26 Å². The van der Waals surface area contributed by atoms with Crippen LogP contribution in [-0.4, -0.2) is 4.98 Å². The summed E-state index contributed by atoms with van der Waals surface area (Å²) in [7, 11) is 0. The molecule has 14 heavy (non-hydrogen) atoms. The lowest BCUT2D eigenvalue weighted by Gasteiger charge is -2.12. The average Bonchev–Trinajstić information content (AvgIpc) is 2.29. The van der Waals surface area contributed by atoms with Crippen LogP contribution in [0.1, 0.15) is 11.3 Å². The fourth-order valence-corrected chi connectivity index (χ4v) is 1.78. The Labute approximate surface area is 81.8 Å². The number of benzene rings is 1. The van der Waals surface area contributed by atoms with Crippen LogP contribution in [0.15, 0.2) is 36.7 Å². The third kappa shape index (κ3) is 1.01. The van der Waals surface area contributed by atoms with E-state index in [9.17, 15) is 0 Å². The highest BCUT2D eigenvalue weighted by Crippen LogP contribution is 2.24. The van der Waals surface area contributed by atoms with Gasteiger partial charge in [0, 0.05) is 17.1 Å². The predicted molar refractivity (Wildman–Crippen MR) is 55.6 cm³/mol. The second-order valence-electron chi connectivity index (χ2n) is 3.32. The fraction of sp³-hybridized carbons (Fsp3) is 0.0833. The molecule has 2 heterocycles. The van der Waals surface area contributed by atoms with Crippen molar-refractivity contribution < 1.29 is 4.74 Å². The van der Waals surface area contributed by atoms with Gasteiger partial charge >= 0.3 is 0 Å². The first-order valence-corrected chi connectivity index (χ1v) is 4.60. The van der Waals surface area contributed by atoms with Crippen LogP contribution >= 0.6 is 0 Å². The van der Waals surface area contributed by atoms with Crippen molar-refractivity contribution >= 4 is 16.8 Å². The van der Waals surface area contributed by atoms with Crippen molar-refractivity contribution in [3.63, 3.8) is 0 Å². The van der Waals surface area contributed by atoms with Crippen LogP contribution in [-0.2, 0) is 11.3 Å². The number of ether oxygens (including phenoxy) is 1. The SMILES string of the molecule is C1=Cc2ncc3ccccc3c2CO1. The summed E-state index contributed by atoms with van der Waals surface area (Å²) >= 11 is 0. The van der Waals surface area contributed by atoms with E-state index in [0.29, 0.717) is 6.61 Å². The van der Waals surface area contributed by atoms with Crippen molar-refractivity contribution in [1.82, 2.24) is 4.98 Å². The quantitative estimate of drug-likeness (QED) is 0.626. The Bertz CT molecular complexity index is 517. The topological polar surface area (TPSA) is 22.1 Å². The summed E-state index contributed by atoms with van der Waals surface area (Å²) in [6.45, 7) is 0.625. The van der Waals surface area contributed by atoms with E-state index < -0.39 is 0 Å². The first-order chi connectivity index (χ1) is 6.95. The first kappa shape index (κ1) is 7.56. The van der Waals surface area contributed by atoms with Crippen molar-refractivity contribution in [3.8, 4) is 0 Å². The summed E-state index contributed by atoms with van der Waals surface area (Å²) in [5.41, 5.74) is 2.21. The maximum atomic E-state index is 5.28. The van der Waals surface area contributed by atoms with Gasteiger partial charge in [0.05, 0.1) is 12.0 Å². The summed E-state index contributed by atoms with van der Waals surface area (Å²) in [6.07, 6.45) is 5.51. The van der Waals surface area contributed by atoms with Crippen LogP contribution in [0, 0.1) is 0 Å². The van der Waals surface area contributed by atoms with Crippen LogP contribution < -0.4 is 0 Å². The summed E-state index contributed by atoms with van der Waals surface area (Å²) in [6, 6.07) is 8.25. The van der Waals surface area contributed by atoms with Crippen molar-refractivity contribution in [2.45, 2.75) is 6.61 Å². The van der Waals surface area contributed by atoms with Gasteiger partial charge in [-0.25, -0.2) is 0 Å². The monoisotopic (exact) mass is 183 g/mol. The van der Waals surface area contributed by atoms with Crippen LogP contribution in [0.4, 0.5) is 0 Å². The van der Waals surface area contributed by atoms with Crippen LogP contribution in [0.5, 0.6) is 0 Å². The van der Waals surface area contributed by atoms with Gasteiger partial charge in [-0.3, -0.25) is 4.98 Å². The molecule has 0 radical (unpaired) electrons. The third-order valence-corrected chi connectivity index (χ3v) is 2.49. The molecule has 1 aromatic heterocycles. The number of fused-ring (bicyclic) bond motifs is 3. The number of nitrogens with zero attached hydrogens (tertiary/aromatic N) is 1. The molecule has 0 saturated carbocycles. The Kier molecular flexibility index (Phi) is 1.53. The highest BCUT2D eigenvalue weighted by molar-refractivity contribution is 5.87. The lowest BCUT2D eigenvalue weighted by Crippen LogP contribution is -1.99. The van der Waals surface area contributed by atoms with Gasteiger partial charge in [0.1, 0.15) is 6.61 Å². The van der Waals surface area contributed by atoms with Crippen molar-refractivity contribution in [3.05, 3.63) is 48.0 Å². The van der Waals surface area contributed by atoms with Crippen LogP contribution in [0.25, 0.3) is 16.8 Å². The number of pyridine rings is 1. The molecule has 2 heteroatoms. The maximum Gasteiger partial charge on any atom is 0.115 e. The van der Waals surface area contributed by atoms with Gasteiger partial charge in [-0.05, 0) is 11.5 Å². The Balaban J connectivity index is 2.41.